The van der Waals surface area contributed by atoms with Gasteiger partial charge in [-0.25, -0.2) is 13.1 Å². The van der Waals surface area contributed by atoms with Crippen molar-refractivity contribution in [3.8, 4) is 16.9 Å². The van der Waals surface area contributed by atoms with Crippen molar-refractivity contribution in [2.75, 3.05) is 19.7 Å². The second-order valence-electron chi connectivity index (χ2n) is 10.7. The second kappa shape index (κ2) is 10.2. The normalized spacial score (nSPS) is 23.0. The Hall–Kier alpha value is -3.07. The van der Waals surface area contributed by atoms with Crippen molar-refractivity contribution >= 4 is 15.7 Å². The highest BCUT2D eigenvalue weighted by atomic mass is 32.2. The van der Waals surface area contributed by atoms with Crippen molar-refractivity contribution in [1.29, 1.82) is 5.41 Å². The van der Waals surface area contributed by atoms with Gasteiger partial charge in [0.2, 0.25) is 10.0 Å². The van der Waals surface area contributed by atoms with Gasteiger partial charge in [0.1, 0.15) is 17.3 Å². The van der Waals surface area contributed by atoms with Crippen LogP contribution in [0.3, 0.4) is 0 Å². The molecule has 8 heteroatoms. The highest BCUT2D eigenvalue weighted by Crippen LogP contribution is 2.32. The summed E-state index contributed by atoms with van der Waals surface area (Å²) in [6, 6.07) is 14.9. The number of nitrogens with zero attached hydrogens (tertiary/aromatic N) is 2. The van der Waals surface area contributed by atoms with Crippen LogP contribution in [-0.2, 0) is 22.9 Å². The molecule has 0 saturated carbocycles. The third kappa shape index (κ3) is 4.88. The van der Waals surface area contributed by atoms with Crippen LogP contribution in [0.15, 0.2) is 59.8 Å². The standard InChI is InChI=1S/C30H34N4O3S/c1-20-3-2-13-34(20)27-9-6-21-4-5-23(15-22(21)7-10-27)25-16-26(19-32-18-25)30(31)24-8-11-29-28(17-24)37-14-12-33-38(29,35)36/h4-5,8,11,15-20,27,31,33H,2-3,6-7,9-10,12-14H2,1H3/t20-,27?/m1/s1. The Morgan fingerprint density at radius 2 is 1.84 bits per heavy atom. The predicted molar refractivity (Wildman–Crippen MR) is 149 cm³/mol. The van der Waals surface area contributed by atoms with Crippen LogP contribution >= 0.6 is 0 Å². The Morgan fingerprint density at radius 1 is 1.00 bits per heavy atom. The Bertz CT molecular complexity index is 1490. The number of hydrogen-bond acceptors (Lipinski definition) is 6. The van der Waals surface area contributed by atoms with Crippen LogP contribution in [0, 0.1) is 5.41 Å². The number of rotatable bonds is 4. The fourth-order valence-electron chi connectivity index (χ4n) is 6.21. The lowest BCUT2D eigenvalue weighted by molar-refractivity contribution is 0.174. The van der Waals surface area contributed by atoms with Gasteiger partial charge in [0.15, 0.2) is 0 Å². The number of aryl methyl sites for hydroxylation is 2. The van der Waals surface area contributed by atoms with Crippen molar-refractivity contribution in [3.63, 3.8) is 0 Å². The topological polar surface area (TPSA) is 95.4 Å². The largest absolute Gasteiger partial charge is 0.491 e. The number of pyridine rings is 1. The molecule has 0 amide bonds. The molecule has 38 heavy (non-hydrogen) atoms. The molecule has 3 aliphatic rings. The first-order chi connectivity index (χ1) is 18.4. The van der Waals surface area contributed by atoms with E-state index in [1.165, 1.54) is 49.4 Å². The summed E-state index contributed by atoms with van der Waals surface area (Å²) in [5, 5.41) is 8.84. The number of aromatic nitrogens is 1. The molecular weight excluding hydrogens is 496 g/mol. The van der Waals surface area contributed by atoms with Crippen molar-refractivity contribution in [2.45, 2.75) is 62.4 Å². The van der Waals surface area contributed by atoms with Gasteiger partial charge >= 0.3 is 0 Å². The summed E-state index contributed by atoms with van der Waals surface area (Å²) in [7, 11) is -3.61. The molecule has 7 nitrogen and oxygen atoms in total. The van der Waals surface area contributed by atoms with Crippen molar-refractivity contribution in [2.24, 2.45) is 0 Å². The van der Waals surface area contributed by atoms with E-state index in [4.69, 9.17) is 10.1 Å². The maximum absolute atomic E-state index is 12.4. The summed E-state index contributed by atoms with van der Waals surface area (Å²) in [6.45, 7) is 4.07. The molecule has 2 N–H and O–H groups in total. The number of benzene rings is 2. The minimum absolute atomic E-state index is 0.102. The minimum Gasteiger partial charge on any atom is -0.491 e. The van der Waals surface area contributed by atoms with E-state index in [1.807, 2.05) is 12.3 Å². The summed E-state index contributed by atoms with van der Waals surface area (Å²) in [4.78, 5) is 7.28. The van der Waals surface area contributed by atoms with Gasteiger partial charge in [0.05, 0.1) is 5.71 Å². The quantitative estimate of drug-likeness (QED) is 0.381. The van der Waals surface area contributed by atoms with E-state index in [-0.39, 0.29) is 29.5 Å². The first-order valence-corrected chi connectivity index (χ1v) is 15.1. The summed E-state index contributed by atoms with van der Waals surface area (Å²) in [6.07, 6.45) is 10.8. The van der Waals surface area contributed by atoms with Crippen molar-refractivity contribution in [3.05, 3.63) is 77.1 Å². The number of ether oxygens (including phenoxy) is 1. The second-order valence-corrected chi connectivity index (χ2v) is 12.4. The molecule has 0 spiro atoms. The molecule has 2 aromatic carbocycles. The molecule has 1 unspecified atom stereocenters. The van der Waals surface area contributed by atoms with E-state index in [1.54, 1.807) is 18.3 Å². The Morgan fingerprint density at radius 3 is 2.66 bits per heavy atom. The van der Waals surface area contributed by atoms with Gasteiger partial charge in [0.25, 0.3) is 0 Å². The summed E-state index contributed by atoms with van der Waals surface area (Å²) in [5.74, 6) is 0.272. The van der Waals surface area contributed by atoms with Crippen LogP contribution in [0.5, 0.6) is 5.75 Å². The maximum Gasteiger partial charge on any atom is 0.244 e. The lowest BCUT2D eigenvalue weighted by atomic mass is 9.95. The summed E-state index contributed by atoms with van der Waals surface area (Å²) < 4.78 is 33.0. The fourth-order valence-corrected chi connectivity index (χ4v) is 7.35. The molecule has 0 bridgehead atoms. The SMILES string of the molecule is C[C@@H]1CCCN1C1CCc2ccc(-c3cncc(C(=N)c4ccc5c(c4)OCCNS5(=O)=O)c3)cc2CC1. The summed E-state index contributed by atoms with van der Waals surface area (Å²) >= 11 is 0. The monoisotopic (exact) mass is 530 g/mol. The van der Waals surface area contributed by atoms with Gasteiger partial charge in [-0.3, -0.25) is 15.3 Å². The first kappa shape index (κ1) is 25.2. The van der Waals surface area contributed by atoms with Gasteiger partial charge in [-0.05, 0) is 86.9 Å². The lowest BCUT2D eigenvalue weighted by Crippen LogP contribution is -2.37. The zero-order valence-corrected chi connectivity index (χ0v) is 22.6. The molecule has 3 aromatic rings. The smallest absolute Gasteiger partial charge is 0.244 e. The van der Waals surface area contributed by atoms with E-state index < -0.39 is 10.0 Å². The van der Waals surface area contributed by atoms with Crippen LogP contribution in [0.1, 0.15) is 54.9 Å². The average Bonchev–Trinajstić information content (AvgIpc) is 3.16. The number of sulfonamides is 1. The Labute approximate surface area is 224 Å². The third-order valence-corrected chi connectivity index (χ3v) is 9.81. The first-order valence-electron chi connectivity index (χ1n) is 13.6. The molecule has 0 radical (unpaired) electrons. The highest BCUT2D eigenvalue weighted by Gasteiger charge is 2.29. The molecule has 1 aromatic heterocycles. The zero-order chi connectivity index (χ0) is 26.3. The van der Waals surface area contributed by atoms with E-state index in [2.05, 4.69) is 39.7 Å². The van der Waals surface area contributed by atoms with Gasteiger partial charge in [-0.2, -0.15) is 0 Å². The van der Waals surface area contributed by atoms with Crippen LogP contribution in [-0.4, -0.2) is 55.8 Å². The van der Waals surface area contributed by atoms with Crippen LogP contribution < -0.4 is 9.46 Å². The minimum atomic E-state index is -3.61. The van der Waals surface area contributed by atoms with Crippen LogP contribution in [0.25, 0.3) is 11.1 Å². The summed E-state index contributed by atoms with van der Waals surface area (Å²) in [5.41, 5.74) is 6.50. The van der Waals surface area contributed by atoms with E-state index in [9.17, 15) is 8.42 Å². The van der Waals surface area contributed by atoms with Gasteiger partial charge in [0, 0.05) is 47.7 Å². The number of likely N-dealkylation sites (tertiary alicyclic amines) is 1. The highest BCUT2D eigenvalue weighted by molar-refractivity contribution is 7.89. The van der Waals surface area contributed by atoms with Gasteiger partial charge in [-0.15, -0.1) is 0 Å². The van der Waals surface area contributed by atoms with E-state index in [0.717, 1.165) is 24.0 Å². The Kier molecular flexibility index (Phi) is 6.80. The number of nitrogens with one attached hydrogen (secondary N) is 2. The van der Waals surface area contributed by atoms with E-state index >= 15 is 0 Å². The molecule has 2 aliphatic heterocycles. The van der Waals surface area contributed by atoms with Crippen molar-refractivity contribution in [1.82, 2.24) is 14.6 Å². The molecule has 1 saturated heterocycles. The van der Waals surface area contributed by atoms with Crippen LogP contribution in [0.2, 0.25) is 0 Å². The fraction of sp³-hybridized carbons (Fsp3) is 0.400. The molecule has 6 rings (SSSR count). The van der Waals surface area contributed by atoms with Crippen molar-refractivity contribution < 1.29 is 13.2 Å². The number of fused-ring (bicyclic) bond motifs is 2. The number of hydrogen-bond donors (Lipinski definition) is 2. The average molecular weight is 531 g/mol. The predicted octanol–water partition coefficient (Wildman–Crippen LogP) is 4.57. The molecule has 2 atom stereocenters. The lowest BCUT2D eigenvalue weighted by Gasteiger charge is -2.30. The van der Waals surface area contributed by atoms with Gasteiger partial charge < -0.3 is 4.74 Å². The molecule has 1 fully saturated rings. The zero-order valence-electron chi connectivity index (χ0n) is 21.7. The van der Waals surface area contributed by atoms with E-state index in [0.29, 0.717) is 23.2 Å². The Balaban J connectivity index is 1.24. The maximum atomic E-state index is 12.4. The van der Waals surface area contributed by atoms with Crippen LogP contribution in [0.4, 0.5) is 0 Å². The van der Waals surface area contributed by atoms with Gasteiger partial charge in [-0.1, -0.05) is 24.3 Å². The molecular formula is C30H34N4O3S. The molecule has 3 heterocycles. The third-order valence-electron chi connectivity index (χ3n) is 8.31. The molecule has 198 valence electrons. The molecule has 1 aliphatic carbocycles.